The van der Waals surface area contributed by atoms with Gasteiger partial charge in [0.1, 0.15) is 6.04 Å². The van der Waals surface area contributed by atoms with Crippen LogP contribution in [0.2, 0.25) is 10.0 Å². The van der Waals surface area contributed by atoms with Crippen LogP contribution in [0.25, 0.3) is 0 Å². The van der Waals surface area contributed by atoms with Gasteiger partial charge in [0.2, 0.25) is 15.9 Å². The molecule has 3 rings (SSSR count). The third kappa shape index (κ3) is 5.02. The molecule has 0 bridgehead atoms. The quantitative estimate of drug-likeness (QED) is 0.536. The Morgan fingerprint density at radius 3 is 2.10 bits per heavy atom. The van der Waals surface area contributed by atoms with Crippen LogP contribution in [0, 0.1) is 0 Å². The van der Waals surface area contributed by atoms with E-state index < -0.39 is 22.0 Å². The van der Waals surface area contributed by atoms with E-state index >= 15 is 0 Å². The van der Waals surface area contributed by atoms with Crippen LogP contribution in [-0.2, 0) is 21.2 Å². The third-order valence-electron chi connectivity index (χ3n) is 4.65. The summed E-state index contributed by atoms with van der Waals surface area (Å²) in [6.45, 7) is 0.0111. The van der Waals surface area contributed by atoms with Crippen molar-refractivity contribution in [2.75, 3.05) is 6.54 Å². The first-order valence-corrected chi connectivity index (χ1v) is 11.4. The van der Waals surface area contributed by atoms with Gasteiger partial charge in [-0.1, -0.05) is 71.7 Å². The summed E-state index contributed by atoms with van der Waals surface area (Å²) in [5, 5.41) is 0.933. The number of carbonyl (C=O) groups excluding carboxylic acids is 1. The summed E-state index contributed by atoms with van der Waals surface area (Å²) in [4.78, 5) is 12.4. The van der Waals surface area contributed by atoms with Gasteiger partial charge in [-0.25, -0.2) is 8.42 Å². The summed E-state index contributed by atoms with van der Waals surface area (Å²) in [5.41, 5.74) is 6.93. The number of nitrogens with zero attached hydrogens (tertiary/aromatic N) is 1. The molecule has 0 aromatic heterocycles. The first-order chi connectivity index (χ1) is 14.3. The van der Waals surface area contributed by atoms with Crippen LogP contribution in [-0.4, -0.2) is 25.2 Å². The number of rotatable bonds is 8. The van der Waals surface area contributed by atoms with Crippen LogP contribution >= 0.6 is 23.2 Å². The Hall–Kier alpha value is -2.38. The maximum Gasteiger partial charge on any atom is 0.244 e. The standard InChI is InChI=1S/C22H20Cl2N2O3S/c23-18-10-12-19(13-11-18)30(28,29)26(15-14-16-6-4-5-9-20(16)24)21(22(25)27)17-7-2-1-3-8-17/h1-13,21H,14-15H2,(H2,25,27)/t21-/m1/s1. The van der Waals surface area contributed by atoms with Crippen LogP contribution in [0.5, 0.6) is 0 Å². The Morgan fingerprint density at radius 1 is 0.900 bits per heavy atom. The molecule has 156 valence electrons. The number of nitrogens with two attached hydrogens (primary N) is 1. The Morgan fingerprint density at radius 2 is 1.50 bits per heavy atom. The van der Waals surface area contributed by atoms with Gasteiger partial charge in [-0.15, -0.1) is 0 Å². The molecule has 0 aliphatic carbocycles. The molecule has 0 aliphatic heterocycles. The number of amides is 1. The van der Waals surface area contributed by atoms with E-state index in [1.54, 1.807) is 42.5 Å². The molecule has 1 amide bonds. The Bertz CT molecular complexity index is 1120. The summed E-state index contributed by atoms with van der Waals surface area (Å²) in [7, 11) is -4.06. The summed E-state index contributed by atoms with van der Waals surface area (Å²) >= 11 is 12.2. The Kier molecular flexibility index (Phi) is 7.15. The summed E-state index contributed by atoms with van der Waals surface area (Å²) in [6.07, 6.45) is 0.309. The normalized spacial score (nSPS) is 12.6. The van der Waals surface area contributed by atoms with E-state index in [4.69, 9.17) is 28.9 Å². The van der Waals surface area contributed by atoms with Gasteiger partial charge in [0.15, 0.2) is 0 Å². The summed E-state index contributed by atoms with van der Waals surface area (Å²) in [5.74, 6) is -0.766. The molecule has 1 atom stereocenters. The van der Waals surface area contributed by atoms with Crippen molar-refractivity contribution in [2.45, 2.75) is 17.4 Å². The number of hydrogen-bond acceptors (Lipinski definition) is 3. The molecule has 8 heteroatoms. The van der Waals surface area contributed by atoms with Crippen LogP contribution in [0.1, 0.15) is 17.2 Å². The minimum Gasteiger partial charge on any atom is -0.368 e. The molecule has 0 radical (unpaired) electrons. The van der Waals surface area contributed by atoms with Gasteiger partial charge in [-0.3, -0.25) is 4.79 Å². The Balaban J connectivity index is 2.06. The zero-order valence-electron chi connectivity index (χ0n) is 15.9. The van der Waals surface area contributed by atoms with E-state index in [9.17, 15) is 13.2 Å². The lowest BCUT2D eigenvalue weighted by Crippen LogP contribution is -2.42. The van der Waals surface area contributed by atoms with E-state index in [-0.39, 0.29) is 11.4 Å². The SMILES string of the molecule is NC(=O)[C@@H](c1ccccc1)N(CCc1ccccc1Cl)S(=O)(=O)c1ccc(Cl)cc1. The van der Waals surface area contributed by atoms with Crippen LogP contribution in [0.3, 0.4) is 0 Å². The van der Waals surface area contributed by atoms with E-state index in [0.29, 0.717) is 22.0 Å². The molecule has 0 unspecified atom stereocenters. The summed E-state index contributed by atoms with van der Waals surface area (Å²) < 4.78 is 28.1. The van der Waals surface area contributed by atoms with Crippen molar-refractivity contribution in [3.05, 3.63) is 100 Å². The van der Waals surface area contributed by atoms with Gasteiger partial charge < -0.3 is 5.73 Å². The number of halogens is 2. The van der Waals surface area contributed by atoms with E-state index in [1.807, 2.05) is 12.1 Å². The highest BCUT2D eigenvalue weighted by Gasteiger charge is 2.35. The average Bonchev–Trinajstić information content (AvgIpc) is 2.72. The highest BCUT2D eigenvalue weighted by atomic mass is 35.5. The smallest absolute Gasteiger partial charge is 0.244 e. The Labute approximate surface area is 186 Å². The topological polar surface area (TPSA) is 80.5 Å². The van der Waals surface area contributed by atoms with Crippen molar-refractivity contribution in [2.24, 2.45) is 5.73 Å². The minimum absolute atomic E-state index is 0.0111. The number of primary amides is 1. The van der Waals surface area contributed by atoms with Crippen molar-refractivity contribution in [1.29, 1.82) is 0 Å². The molecule has 0 spiro atoms. The van der Waals surface area contributed by atoms with E-state index in [1.165, 1.54) is 24.3 Å². The second-order valence-electron chi connectivity index (χ2n) is 6.63. The third-order valence-corrected chi connectivity index (χ3v) is 7.15. The average molecular weight is 463 g/mol. The number of sulfonamides is 1. The van der Waals surface area contributed by atoms with Crippen LogP contribution < -0.4 is 5.73 Å². The molecule has 0 saturated heterocycles. The minimum atomic E-state index is -4.06. The zero-order chi connectivity index (χ0) is 21.7. The first kappa shape index (κ1) is 22.3. The molecule has 30 heavy (non-hydrogen) atoms. The molecule has 3 aromatic rings. The van der Waals surface area contributed by atoms with Crippen molar-refractivity contribution in [1.82, 2.24) is 4.31 Å². The molecule has 0 fully saturated rings. The van der Waals surface area contributed by atoms with Crippen LogP contribution in [0.15, 0.2) is 83.8 Å². The van der Waals surface area contributed by atoms with Crippen molar-refractivity contribution in [3.63, 3.8) is 0 Å². The maximum atomic E-state index is 13.5. The van der Waals surface area contributed by atoms with Crippen molar-refractivity contribution < 1.29 is 13.2 Å². The molecule has 5 nitrogen and oxygen atoms in total. The zero-order valence-corrected chi connectivity index (χ0v) is 18.2. The fourth-order valence-electron chi connectivity index (χ4n) is 3.17. The lowest BCUT2D eigenvalue weighted by atomic mass is 10.1. The van der Waals surface area contributed by atoms with Gasteiger partial charge in [-0.2, -0.15) is 4.31 Å². The lowest BCUT2D eigenvalue weighted by Gasteiger charge is -2.29. The van der Waals surface area contributed by atoms with Gasteiger partial charge in [0.05, 0.1) is 4.90 Å². The van der Waals surface area contributed by atoms with Crippen LogP contribution in [0.4, 0.5) is 0 Å². The van der Waals surface area contributed by atoms with Gasteiger partial charge in [0.25, 0.3) is 0 Å². The molecule has 3 aromatic carbocycles. The van der Waals surface area contributed by atoms with E-state index in [2.05, 4.69) is 0 Å². The number of hydrogen-bond donors (Lipinski definition) is 1. The molecule has 0 heterocycles. The predicted octanol–water partition coefficient (Wildman–Crippen LogP) is 4.45. The first-order valence-electron chi connectivity index (χ1n) is 9.16. The lowest BCUT2D eigenvalue weighted by molar-refractivity contribution is -0.121. The maximum absolute atomic E-state index is 13.5. The highest BCUT2D eigenvalue weighted by molar-refractivity contribution is 7.89. The van der Waals surface area contributed by atoms with Gasteiger partial charge >= 0.3 is 0 Å². The van der Waals surface area contributed by atoms with E-state index in [0.717, 1.165) is 9.87 Å². The van der Waals surface area contributed by atoms with Gasteiger partial charge in [-0.05, 0) is 47.9 Å². The molecule has 2 N–H and O–H groups in total. The predicted molar refractivity (Wildman–Crippen MR) is 119 cm³/mol. The molecular formula is C22H20Cl2N2O3S. The monoisotopic (exact) mass is 462 g/mol. The second kappa shape index (κ2) is 9.62. The summed E-state index contributed by atoms with van der Waals surface area (Å²) in [6, 6.07) is 20.4. The largest absolute Gasteiger partial charge is 0.368 e. The molecular weight excluding hydrogens is 443 g/mol. The fourth-order valence-corrected chi connectivity index (χ4v) is 5.11. The second-order valence-corrected chi connectivity index (χ2v) is 9.36. The molecule has 0 saturated carbocycles. The van der Waals surface area contributed by atoms with Crippen molar-refractivity contribution >= 4 is 39.1 Å². The van der Waals surface area contributed by atoms with Gasteiger partial charge in [0, 0.05) is 16.6 Å². The number of carbonyl (C=O) groups is 1. The highest BCUT2D eigenvalue weighted by Crippen LogP contribution is 2.29. The molecule has 0 aliphatic rings. The fraction of sp³-hybridized carbons (Fsp3) is 0.136. The van der Waals surface area contributed by atoms with Crippen molar-refractivity contribution in [3.8, 4) is 0 Å². The number of benzene rings is 3.